The number of anilines is 1. The fourth-order valence-corrected chi connectivity index (χ4v) is 2.39. The Morgan fingerprint density at radius 3 is 2.60 bits per heavy atom. The van der Waals surface area contributed by atoms with E-state index in [0.29, 0.717) is 18.2 Å². The Bertz CT molecular complexity index is 427. The predicted molar refractivity (Wildman–Crippen MR) is 78.1 cm³/mol. The summed E-state index contributed by atoms with van der Waals surface area (Å²) in [4.78, 5) is 14.0. The highest BCUT2D eigenvalue weighted by molar-refractivity contribution is 5.92. The first-order valence-corrected chi connectivity index (χ1v) is 7.08. The second kappa shape index (κ2) is 7.36. The summed E-state index contributed by atoms with van der Waals surface area (Å²) in [6, 6.07) is 5.79. The van der Waals surface area contributed by atoms with Crippen molar-refractivity contribution in [2.75, 3.05) is 38.5 Å². The van der Waals surface area contributed by atoms with Gasteiger partial charge in [-0.05, 0) is 69.7 Å². The minimum absolute atomic E-state index is 0.0930. The maximum absolute atomic E-state index is 12.7. The van der Waals surface area contributed by atoms with Crippen LogP contribution in [0.5, 0.6) is 0 Å². The smallest absolute Gasteiger partial charge is 0.238 e. The van der Waals surface area contributed by atoms with E-state index in [0.717, 1.165) is 19.6 Å². The third kappa shape index (κ3) is 4.90. The van der Waals surface area contributed by atoms with Crippen LogP contribution in [0.15, 0.2) is 24.3 Å². The second-order valence-electron chi connectivity index (χ2n) is 5.43. The van der Waals surface area contributed by atoms with Crippen LogP contribution in [-0.4, -0.2) is 44.0 Å². The van der Waals surface area contributed by atoms with E-state index in [-0.39, 0.29) is 11.7 Å². The van der Waals surface area contributed by atoms with Gasteiger partial charge in [-0.2, -0.15) is 0 Å². The summed E-state index contributed by atoms with van der Waals surface area (Å²) in [6.45, 7) is 3.44. The van der Waals surface area contributed by atoms with Gasteiger partial charge in [0.05, 0.1) is 6.54 Å². The van der Waals surface area contributed by atoms with Gasteiger partial charge in [0.25, 0.3) is 0 Å². The summed E-state index contributed by atoms with van der Waals surface area (Å²) in [5.41, 5.74) is 0.623. The number of nitrogens with one attached hydrogen (secondary N) is 2. The number of carbonyl (C=O) groups excluding carboxylic acids is 1. The fraction of sp³-hybridized carbons (Fsp3) is 0.533. The third-order valence-electron chi connectivity index (χ3n) is 3.68. The van der Waals surface area contributed by atoms with Gasteiger partial charge in [0.15, 0.2) is 0 Å². The molecule has 0 unspecified atom stereocenters. The Kier molecular flexibility index (Phi) is 5.49. The molecule has 110 valence electrons. The van der Waals surface area contributed by atoms with Crippen molar-refractivity contribution in [2.45, 2.75) is 12.8 Å². The molecule has 1 heterocycles. The third-order valence-corrected chi connectivity index (χ3v) is 3.68. The predicted octanol–water partition coefficient (Wildman–Crippen LogP) is 1.70. The summed E-state index contributed by atoms with van der Waals surface area (Å²) in [7, 11) is 2.14. The first-order chi connectivity index (χ1) is 9.63. The van der Waals surface area contributed by atoms with Crippen LogP contribution >= 0.6 is 0 Å². The molecule has 1 fully saturated rings. The van der Waals surface area contributed by atoms with Gasteiger partial charge in [-0.3, -0.25) is 4.79 Å². The molecule has 0 bridgehead atoms. The van der Waals surface area contributed by atoms with E-state index in [4.69, 9.17) is 0 Å². The molecule has 1 aliphatic rings. The lowest BCUT2D eigenvalue weighted by atomic mass is 9.97. The van der Waals surface area contributed by atoms with E-state index in [1.807, 2.05) is 0 Å². The lowest BCUT2D eigenvalue weighted by Crippen LogP contribution is -2.37. The molecular formula is C15H22FN3O. The molecular weight excluding hydrogens is 257 g/mol. The molecule has 2 N–H and O–H groups in total. The summed E-state index contributed by atoms with van der Waals surface area (Å²) in [6.07, 6.45) is 2.37. The topological polar surface area (TPSA) is 44.4 Å². The van der Waals surface area contributed by atoms with Crippen molar-refractivity contribution in [3.05, 3.63) is 30.1 Å². The highest BCUT2D eigenvalue weighted by atomic mass is 19.1. The molecule has 0 spiro atoms. The van der Waals surface area contributed by atoms with Gasteiger partial charge in [0.2, 0.25) is 5.91 Å². The lowest BCUT2D eigenvalue weighted by Gasteiger charge is -2.28. The standard InChI is InChI=1S/C15H22FN3O/c1-19-8-6-12(7-9-19)10-17-11-15(20)18-14-4-2-13(16)3-5-14/h2-5,12,17H,6-11H2,1H3,(H,18,20). The zero-order valence-corrected chi connectivity index (χ0v) is 11.9. The molecule has 1 amide bonds. The zero-order chi connectivity index (χ0) is 14.4. The molecule has 1 aromatic carbocycles. The Hall–Kier alpha value is -1.46. The molecule has 0 aliphatic carbocycles. The van der Waals surface area contributed by atoms with Crippen LogP contribution in [0.25, 0.3) is 0 Å². The fourth-order valence-electron chi connectivity index (χ4n) is 2.39. The van der Waals surface area contributed by atoms with Crippen LogP contribution in [0.2, 0.25) is 0 Å². The van der Waals surface area contributed by atoms with E-state index in [2.05, 4.69) is 22.6 Å². The van der Waals surface area contributed by atoms with E-state index in [9.17, 15) is 9.18 Å². The maximum atomic E-state index is 12.7. The van der Waals surface area contributed by atoms with Gasteiger partial charge in [-0.15, -0.1) is 0 Å². The number of halogens is 1. The van der Waals surface area contributed by atoms with Crippen LogP contribution in [0.4, 0.5) is 10.1 Å². The first-order valence-electron chi connectivity index (χ1n) is 7.08. The molecule has 1 saturated heterocycles. The maximum Gasteiger partial charge on any atom is 0.238 e. The molecule has 0 aromatic heterocycles. The summed E-state index contributed by atoms with van der Waals surface area (Å²) in [5.74, 6) is 0.262. The molecule has 4 nitrogen and oxygen atoms in total. The largest absolute Gasteiger partial charge is 0.325 e. The highest BCUT2D eigenvalue weighted by Gasteiger charge is 2.16. The number of hydrogen-bond acceptors (Lipinski definition) is 3. The summed E-state index contributed by atoms with van der Waals surface area (Å²) in [5, 5.41) is 5.93. The molecule has 1 aromatic rings. The van der Waals surface area contributed by atoms with E-state index >= 15 is 0 Å². The Labute approximate surface area is 119 Å². The molecule has 2 rings (SSSR count). The number of likely N-dealkylation sites (tertiary alicyclic amines) is 1. The second-order valence-corrected chi connectivity index (χ2v) is 5.43. The van der Waals surface area contributed by atoms with E-state index in [1.54, 1.807) is 12.1 Å². The van der Waals surface area contributed by atoms with Crippen molar-refractivity contribution in [2.24, 2.45) is 5.92 Å². The number of rotatable bonds is 5. The van der Waals surface area contributed by atoms with Crippen molar-refractivity contribution in [3.63, 3.8) is 0 Å². The van der Waals surface area contributed by atoms with Gasteiger partial charge < -0.3 is 15.5 Å². The SMILES string of the molecule is CN1CCC(CNCC(=O)Nc2ccc(F)cc2)CC1. The van der Waals surface area contributed by atoms with Crippen LogP contribution in [0, 0.1) is 11.7 Å². The normalized spacial score (nSPS) is 17.1. The van der Waals surface area contributed by atoms with E-state index < -0.39 is 0 Å². The molecule has 0 saturated carbocycles. The summed E-state index contributed by atoms with van der Waals surface area (Å²) < 4.78 is 12.7. The number of nitrogens with zero attached hydrogens (tertiary/aromatic N) is 1. The number of carbonyl (C=O) groups is 1. The summed E-state index contributed by atoms with van der Waals surface area (Å²) >= 11 is 0. The number of amides is 1. The number of benzene rings is 1. The number of hydrogen-bond donors (Lipinski definition) is 2. The van der Waals surface area contributed by atoms with Crippen LogP contribution < -0.4 is 10.6 Å². The average Bonchev–Trinajstić information content (AvgIpc) is 2.44. The Balaban J connectivity index is 1.64. The van der Waals surface area contributed by atoms with Crippen LogP contribution in [0.3, 0.4) is 0 Å². The zero-order valence-electron chi connectivity index (χ0n) is 11.9. The lowest BCUT2D eigenvalue weighted by molar-refractivity contribution is -0.115. The van der Waals surface area contributed by atoms with Gasteiger partial charge in [-0.25, -0.2) is 4.39 Å². The van der Waals surface area contributed by atoms with Crippen molar-refractivity contribution >= 4 is 11.6 Å². The van der Waals surface area contributed by atoms with Gasteiger partial charge >= 0.3 is 0 Å². The molecule has 1 aliphatic heterocycles. The average molecular weight is 279 g/mol. The molecule has 5 heteroatoms. The quantitative estimate of drug-likeness (QED) is 0.862. The van der Waals surface area contributed by atoms with Crippen molar-refractivity contribution in [3.8, 4) is 0 Å². The van der Waals surface area contributed by atoms with Gasteiger partial charge in [0, 0.05) is 5.69 Å². The first kappa shape index (κ1) is 14.9. The number of piperidine rings is 1. The van der Waals surface area contributed by atoms with E-state index in [1.165, 1.54) is 25.0 Å². The van der Waals surface area contributed by atoms with Crippen LogP contribution in [0.1, 0.15) is 12.8 Å². The van der Waals surface area contributed by atoms with Crippen molar-refractivity contribution in [1.29, 1.82) is 0 Å². The monoisotopic (exact) mass is 279 g/mol. The Morgan fingerprint density at radius 2 is 1.95 bits per heavy atom. The Morgan fingerprint density at radius 1 is 1.30 bits per heavy atom. The minimum Gasteiger partial charge on any atom is -0.325 e. The van der Waals surface area contributed by atoms with Crippen molar-refractivity contribution < 1.29 is 9.18 Å². The van der Waals surface area contributed by atoms with Gasteiger partial charge in [-0.1, -0.05) is 0 Å². The van der Waals surface area contributed by atoms with Gasteiger partial charge in [0.1, 0.15) is 5.82 Å². The highest BCUT2D eigenvalue weighted by Crippen LogP contribution is 2.14. The van der Waals surface area contributed by atoms with Crippen molar-refractivity contribution in [1.82, 2.24) is 10.2 Å². The molecule has 20 heavy (non-hydrogen) atoms. The molecule has 0 atom stereocenters. The van der Waals surface area contributed by atoms with Crippen LogP contribution in [-0.2, 0) is 4.79 Å². The molecule has 0 radical (unpaired) electrons. The minimum atomic E-state index is -0.302.